The van der Waals surface area contributed by atoms with Crippen LogP contribution in [0.4, 0.5) is 0 Å². The molecule has 0 bridgehead atoms. The second-order valence-corrected chi connectivity index (χ2v) is 8.07. The van der Waals surface area contributed by atoms with Gasteiger partial charge in [-0.1, -0.05) is 49.2 Å². The van der Waals surface area contributed by atoms with Crippen molar-refractivity contribution >= 4 is 16.9 Å². The van der Waals surface area contributed by atoms with Crippen molar-refractivity contribution in [3.05, 3.63) is 65.0 Å². The van der Waals surface area contributed by atoms with Crippen LogP contribution in [0.5, 0.6) is 0 Å². The van der Waals surface area contributed by atoms with E-state index < -0.39 is 0 Å². The molecule has 1 aliphatic rings. The third kappa shape index (κ3) is 3.56. The summed E-state index contributed by atoms with van der Waals surface area (Å²) >= 11 is 0. The third-order valence-electron chi connectivity index (χ3n) is 5.88. The number of carbonyl (C=O) groups is 1. The molecule has 0 radical (unpaired) electrons. The Balaban J connectivity index is 1.72. The molecular formula is C24H29N3O. The number of imidazole rings is 1. The molecule has 4 nitrogen and oxygen atoms in total. The lowest BCUT2D eigenvalue weighted by atomic mass is 10.0. The molecule has 28 heavy (non-hydrogen) atoms. The van der Waals surface area contributed by atoms with Gasteiger partial charge in [0.2, 0.25) is 5.91 Å². The largest absolute Gasteiger partial charge is 0.342 e. The SMILES string of the molecule is CCCCN1C[C@@H](c2nc3ccccc3n2Cc2cc(C)ccc2C)CC1=O. The molecule has 0 spiro atoms. The first-order valence-corrected chi connectivity index (χ1v) is 10.4. The topological polar surface area (TPSA) is 38.1 Å². The van der Waals surface area contributed by atoms with E-state index in [4.69, 9.17) is 4.98 Å². The number of amides is 1. The zero-order valence-corrected chi connectivity index (χ0v) is 17.1. The molecule has 3 aromatic rings. The maximum atomic E-state index is 12.5. The highest BCUT2D eigenvalue weighted by Crippen LogP contribution is 2.31. The molecule has 1 amide bonds. The molecule has 1 saturated heterocycles. The lowest BCUT2D eigenvalue weighted by molar-refractivity contribution is -0.127. The number of aromatic nitrogens is 2. The van der Waals surface area contributed by atoms with Crippen LogP contribution in [0.2, 0.25) is 0 Å². The van der Waals surface area contributed by atoms with E-state index >= 15 is 0 Å². The second kappa shape index (κ2) is 7.78. The molecule has 0 unspecified atom stereocenters. The standard InChI is InChI=1S/C24H29N3O/c1-4-5-12-26-15-20(14-23(26)28)24-25-21-8-6-7-9-22(21)27(24)16-19-13-17(2)10-11-18(19)3/h6-11,13,20H,4-5,12,14-16H2,1-3H3/t20-/m0/s1. The summed E-state index contributed by atoms with van der Waals surface area (Å²) in [6, 6.07) is 14.9. The van der Waals surface area contributed by atoms with Gasteiger partial charge in [-0.2, -0.15) is 0 Å². The number of carbonyl (C=O) groups excluding carboxylic acids is 1. The van der Waals surface area contributed by atoms with Crippen LogP contribution in [0.25, 0.3) is 11.0 Å². The van der Waals surface area contributed by atoms with Crippen LogP contribution in [0.15, 0.2) is 42.5 Å². The lowest BCUT2D eigenvalue weighted by Gasteiger charge is -2.17. The number of aryl methyl sites for hydroxylation is 2. The van der Waals surface area contributed by atoms with Crippen LogP contribution in [0.3, 0.4) is 0 Å². The summed E-state index contributed by atoms with van der Waals surface area (Å²) in [5.41, 5.74) is 6.05. The van der Waals surface area contributed by atoms with Crippen molar-refractivity contribution in [2.24, 2.45) is 0 Å². The summed E-state index contributed by atoms with van der Waals surface area (Å²) in [7, 11) is 0. The maximum absolute atomic E-state index is 12.5. The fourth-order valence-electron chi connectivity index (χ4n) is 4.22. The predicted molar refractivity (Wildman–Crippen MR) is 114 cm³/mol. The van der Waals surface area contributed by atoms with E-state index in [9.17, 15) is 4.79 Å². The summed E-state index contributed by atoms with van der Waals surface area (Å²) in [4.78, 5) is 19.5. The monoisotopic (exact) mass is 375 g/mol. The van der Waals surface area contributed by atoms with Gasteiger partial charge in [0.15, 0.2) is 0 Å². The van der Waals surface area contributed by atoms with Gasteiger partial charge in [-0.3, -0.25) is 4.79 Å². The van der Waals surface area contributed by atoms with E-state index in [1.54, 1.807) is 0 Å². The number of rotatable bonds is 6. The van der Waals surface area contributed by atoms with Crippen molar-refractivity contribution in [2.75, 3.05) is 13.1 Å². The molecule has 1 atom stereocenters. The number of unbranched alkanes of at least 4 members (excludes halogenated alkanes) is 1. The summed E-state index contributed by atoms with van der Waals surface area (Å²) in [6.07, 6.45) is 2.75. The molecule has 1 aromatic heterocycles. The molecule has 1 aliphatic heterocycles. The van der Waals surface area contributed by atoms with Crippen molar-refractivity contribution in [2.45, 2.75) is 52.5 Å². The minimum Gasteiger partial charge on any atom is -0.342 e. The highest BCUT2D eigenvalue weighted by atomic mass is 16.2. The Morgan fingerprint density at radius 3 is 2.79 bits per heavy atom. The first kappa shape index (κ1) is 18.7. The minimum atomic E-state index is 0.168. The third-order valence-corrected chi connectivity index (χ3v) is 5.88. The molecule has 0 N–H and O–H groups in total. The van der Waals surface area contributed by atoms with E-state index in [2.05, 4.69) is 61.7 Å². The fraction of sp³-hybridized carbons (Fsp3) is 0.417. The van der Waals surface area contributed by atoms with Gasteiger partial charge in [0.05, 0.1) is 11.0 Å². The average molecular weight is 376 g/mol. The summed E-state index contributed by atoms with van der Waals surface area (Å²) < 4.78 is 2.33. The van der Waals surface area contributed by atoms with Crippen LogP contribution < -0.4 is 0 Å². The summed E-state index contributed by atoms with van der Waals surface area (Å²) in [5, 5.41) is 0. The number of para-hydroxylation sites is 2. The van der Waals surface area contributed by atoms with Gasteiger partial charge in [0, 0.05) is 32.0 Å². The smallest absolute Gasteiger partial charge is 0.223 e. The highest BCUT2D eigenvalue weighted by molar-refractivity contribution is 5.81. The van der Waals surface area contributed by atoms with Gasteiger partial charge < -0.3 is 9.47 Å². The number of nitrogens with zero attached hydrogens (tertiary/aromatic N) is 3. The summed E-state index contributed by atoms with van der Waals surface area (Å²) in [5.74, 6) is 1.49. The van der Waals surface area contributed by atoms with Crippen molar-refractivity contribution in [1.29, 1.82) is 0 Å². The molecule has 0 aliphatic carbocycles. The fourth-order valence-corrected chi connectivity index (χ4v) is 4.22. The van der Waals surface area contributed by atoms with E-state index in [1.807, 2.05) is 11.0 Å². The number of likely N-dealkylation sites (tertiary alicyclic amines) is 1. The Kier molecular flexibility index (Phi) is 5.21. The Morgan fingerprint density at radius 2 is 1.96 bits per heavy atom. The molecule has 2 heterocycles. The van der Waals surface area contributed by atoms with Crippen molar-refractivity contribution in [3.8, 4) is 0 Å². The molecule has 4 heteroatoms. The lowest BCUT2D eigenvalue weighted by Crippen LogP contribution is -2.26. The van der Waals surface area contributed by atoms with Gasteiger partial charge in [0.25, 0.3) is 0 Å². The first-order chi connectivity index (χ1) is 13.6. The molecule has 1 fully saturated rings. The van der Waals surface area contributed by atoms with Gasteiger partial charge in [-0.25, -0.2) is 4.98 Å². The molecular weight excluding hydrogens is 346 g/mol. The first-order valence-electron chi connectivity index (χ1n) is 10.4. The van der Waals surface area contributed by atoms with Crippen LogP contribution in [0.1, 0.15) is 54.6 Å². The zero-order valence-electron chi connectivity index (χ0n) is 17.1. The zero-order chi connectivity index (χ0) is 19.7. The van der Waals surface area contributed by atoms with Gasteiger partial charge >= 0.3 is 0 Å². The Hall–Kier alpha value is -2.62. The Morgan fingerprint density at radius 1 is 1.14 bits per heavy atom. The molecule has 2 aromatic carbocycles. The quantitative estimate of drug-likeness (QED) is 0.620. The summed E-state index contributed by atoms with van der Waals surface area (Å²) in [6.45, 7) is 8.92. The maximum Gasteiger partial charge on any atom is 0.223 e. The van der Waals surface area contributed by atoms with E-state index in [0.717, 1.165) is 49.3 Å². The van der Waals surface area contributed by atoms with Crippen molar-refractivity contribution in [1.82, 2.24) is 14.5 Å². The average Bonchev–Trinajstić information content (AvgIpc) is 3.23. The van der Waals surface area contributed by atoms with Crippen LogP contribution in [0, 0.1) is 13.8 Å². The number of hydrogen-bond donors (Lipinski definition) is 0. The van der Waals surface area contributed by atoms with Crippen LogP contribution in [-0.2, 0) is 11.3 Å². The van der Waals surface area contributed by atoms with E-state index in [0.29, 0.717) is 6.42 Å². The van der Waals surface area contributed by atoms with Gasteiger partial charge in [0.1, 0.15) is 5.82 Å². The van der Waals surface area contributed by atoms with Gasteiger partial charge in [-0.05, 0) is 43.5 Å². The second-order valence-electron chi connectivity index (χ2n) is 8.07. The normalized spacial score (nSPS) is 17.0. The molecule has 146 valence electrons. The van der Waals surface area contributed by atoms with E-state index in [1.165, 1.54) is 16.7 Å². The minimum absolute atomic E-state index is 0.168. The van der Waals surface area contributed by atoms with Gasteiger partial charge in [-0.15, -0.1) is 0 Å². The van der Waals surface area contributed by atoms with Crippen LogP contribution >= 0.6 is 0 Å². The number of hydrogen-bond acceptors (Lipinski definition) is 2. The Labute approximate surface area is 167 Å². The highest BCUT2D eigenvalue weighted by Gasteiger charge is 2.33. The van der Waals surface area contributed by atoms with E-state index in [-0.39, 0.29) is 11.8 Å². The predicted octanol–water partition coefficient (Wildman–Crippen LogP) is 4.82. The number of benzene rings is 2. The molecule has 4 rings (SSSR count). The Bertz CT molecular complexity index is 1000. The molecule has 0 saturated carbocycles. The van der Waals surface area contributed by atoms with Crippen molar-refractivity contribution in [3.63, 3.8) is 0 Å². The van der Waals surface area contributed by atoms with Crippen LogP contribution in [-0.4, -0.2) is 33.4 Å². The number of fused-ring (bicyclic) bond motifs is 1. The van der Waals surface area contributed by atoms with Crippen molar-refractivity contribution < 1.29 is 4.79 Å².